The average molecular weight is 374 g/mol. The molecule has 0 saturated carbocycles. The molecule has 136 valence electrons. The molecular formula is C17H28ClN3O2S. The number of benzene rings is 1. The van der Waals surface area contributed by atoms with E-state index in [1.807, 2.05) is 38.3 Å². The average Bonchev–Trinajstić information content (AvgIpc) is 2.55. The molecule has 0 aliphatic rings. The van der Waals surface area contributed by atoms with Gasteiger partial charge in [0, 0.05) is 12.1 Å². The molecule has 0 heterocycles. The minimum absolute atomic E-state index is 0. The molecule has 0 bridgehead atoms. The first kappa shape index (κ1) is 22.8. The van der Waals surface area contributed by atoms with E-state index < -0.39 is 6.04 Å². The SMILES string of the molecule is CSCCC(NC(=O)c1cccc(C)c1)C(=O)NCC(C)CN.Cl. The van der Waals surface area contributed by atoms with Gasteiger partial charge in [-0.15, -0.1) is 12.4 Å². The second-order valence-electron chi connectivity index (χ2n) is 5.76. The Labute approximate surface area is 154 Å². The second-order valence-corrected chi connectivity index (χ2v) is 6.75. The van der Waals surface area contributed by atoms with Crippen LogP contribution < -0.4 is 16.4 Å². The van der Waals surface area contributed by atoms with E-state index in [1.54, 1.807) is 17.8 Å². The van der Waals surface area contributed by atoms with Crippen molar-refractivity contribution in [3.8, 4) is 0 Å². The lowest BCUT2D eigenvalue weighted by Gasteiger charge is -2.19. The molecular weight excluding hydrogens is 346 g/mol. The summed E-state index contributed by atoms with van der Waals surface area (Å²) < 4.78 is 0. The molecule has 5 nitrogen and oxygen atoms in total. The Kier molecular flexibility index (Phi) is 11.5. The number of hydrogen-bond donors (Lipinski definition) is 3. The Morgan fingerprint density at radius 2 is 2.04 bits per heavy atom. The fourth-order valence-electron chi connectivity index (χ4n) is 2.01. The van der Waals surface area contributed by atoms with Gasteiger partial charge in [-0.05, 0) is 49.9 Å². The standard InChI is InChI=1S/C17H27N3O2S.ClH/c1-12-5-4-6-14(9-12)16(21)20-15(7-8-23-3)17(22)19-11-13(2)10-18;/h4-6,9,13,15H,7-8,10-11,18H2,1-3H3,(H,19,22)(H,20,21);1H. The number of hydrogen-bond acceptors (Lipinski definition) is 4. The molecule has 0 saturated heterocycles. The number of nitrogens with one attached hydrogen (secondary N) is 2. The predicted octanol–water partition coefficient (Wildman–Crippen LogP) is 1.98. The Hall–Kier alpha value is -1.24. The molecule has 4 N–H and O–H groups in total. The maximum atomic E-state index is 12.4. The summed E-state index contributed by atoms with van der Waals surface area (Å²) in [5.41, 5.74) is 7.15. The molecule has 1 aromatic rings. The molecule has 0 spiro atoms. The van der Waals surface area contributed by atoms with E-state index in [4.69, 9.17) is 5.73 Å². The smallest absolute Gasteiger partial charge is 0.251 e. The van der Waals surface area contributed by atoms with Crippen molar-refractivity contribution in [3.63, 3.8) is 0 Å². The van der Waals surface area contributed by atoms with Crippen molar-refractivity contribution >= 4 is 36.0 Å². The van der Waals surface area contributed by atoms with Crippen molar-refractivity contribution in [1.29, 1.82) is 0 Å². The van der Waals surface area contributed by atoms with Gasteiger partial charge in [0.25, 0.3) is 5.91 Å². The first-order valence-electron chi connectivity index (χ1n) is 7.82. The topological polar surface area (TPSA) is 84.2 Å². The number of rotatable bonds is 9. The Balaban J connectivity index is 0.00000529. The summed E-state index contributed by atoms with van der Waals surface area (Å²) in [4.78, 5) is 24.7. The van der Waals surface area contributed by atoms with Crippen molar-refractivity contribution in [1.82, 2.24) is 10.6 Å². The molecule has 0 aliphatic carbocycles. The van der Waals surface area contributed by atoms with Gasteiger partial charge < -0.3 is 16.4 Å². The minimum Gasteiger partial charge on any atom is -0.354 e. The van der Waals surface area contributed by atoms with Crippen LogP contribution >= 0.6 is 24.2 Å². The van der Waals surface area contributed by atoms with Crippen molar-refractivity contribution in [3.05, 3.63) is 35.4 Å². The van der Waals surface area contributed by atoms with Gasteiger partial charge in [0.2, 0.25) is 5.91 Å². The predicted molar refractivity (Wildman–Crippen MR) is 104 cm³/mol. The summed E-state index contributed by atoms with van der Waals surface area (Å²) in [5.74, 6) is 0.647. The van der Waals surface area contributed by atoms with Crippen LogP contribution in [0, 0.1) is 12.8 Å². The highest BCUT2D eigenvalue weighted by Crippen LogP contribution is 2.07. The van der Waals surface area contributed by atoms with E-state index in [9.17, 15) is 9.59 Å². The quantitative estimate of drug-likeness (QED) is 0.618. The normalized spacial score (nSPS) is 12.7. The third kappa shape index (κ3) is 8.04. The maximum absolute atomic E-state index is 12.4. The van der Waals surface area contributed by atoms with Crippen LogP contribution in [0.25, 0.3) is 0 Å². The Morgan fingerprint density at radius 3 is 2.62 bits per heavy atom. The van der Waals surface area contributed by atoms with E-state index in [0.29, 0.717) is 25.1 Å². The van der Waals surface area contributed by atoms with Gasteiger partial charge in [-0.25, -0.2) is 0 Å². The Bertz CT molecular complexity index is 528. The molecule has 0 fully saturated rings. The van der Waals surface area contributed by atoms with E-state index in [0.717, 1.165) is 11.3 Å². The summed E-state index contributed by atoms with van der Waals surface area (Å²) in [6, 6.07) is 6.81. The van der Waals surface area contributed by atoms with Crippen molar-refractivity contribution in [2.45, 2.75) is 26.3 Å². The highest BCUT2D eigenvalue weighted by molar-refractivity contribution is 7.98. The van der Waals surface area contributed by atoms with Gasteiger partial charge in [0.05, 0.1) is 0 Å². The molecule has 1 aromatic carbocycles. The van der Waals surface area contributed by atoms with E-state index in [1.165, 1.54) is 0 Å². The van der Waals surface area contributed by atoms with E-state index >= 15 is 0 Å². The van der Waals surface area contributed by atoms with Crippen LogP contribution in [0.5, 0.6) is 0 Å². The van der Waals surface area contributed by atoms with E-state index in [2.05, 4.69) is 10.6 Å². The monoisotopic (exact) mass is 373 g/mol. The lowest BCUT2D eigenvalue weighted by atomic mass is 10.1. The highest BCUT2D eigenvalue weighted by atomic mass is 35.5. The van der Waals surface area contributed by atoms with E-state index in [-0.39, 0.29) is 30.1 Å². The summed E-state index contributed by atoms with van der Waals surface area (Å²) in [7, 11) is 0. The molecule has 0 aliphatic heterocycles. The number of thioether (sulfide) groups is 1. The van der Waals surface area contributed by atoms with Gasteiger partial charge in [0.1, 0.15) is 6.04 Å². The molecule has 7 heteroatoms. The van der Waals surface area contributed by atoms with Crippen LogP contribution in [0.15, 0.2) is 24.3 Å². The lowest BCUT2D eigenvalue weighted by molar-refractivity contribution is -0.123. The summed E-state index contributed by atoms with van der Waals surface area (Å²) >= 11 is 1.65. The highest BCUT2D eigenvalue weighted by Gasteiger charge is 2.21. The molecule has 0 aromatic heterocycles. The fourth-order valence-corrected chi connectivity index (χ4v) is 2.49. The van der Waals surface area contributed by atoms with Crippen molar-refractivity contribution in [2.75, 3.05) is 25.1 Å². The van der Waals surface area contributed by atoms with Crippen molar-refractivity contribution < 1.29 is 9.59 Å². The van der Waals surface area contributed by atoms with Gasteiger partial charge in [-0.1, -0.05) is 24.6 Å². The number of halogens is 1. The van der Waals surface area contributed by atoms with Gasteiger partial charge >= 0.3 is 0 Å². The van der Waals surface area contributed by atoms with Gasteiger partial charge in [0.15, 0.2) is 0 Å². The Morgan fingerprint density at radius 1 is 1.33 bits per heavy atom. The third-order valence-electron chi connectivity index (χ3n) is 3.54. The van der Waals surface area contributed by atoms with Crippen molar-refractivity contribution in [2.24, 2.45) is 11.7 Å². The molecule has 24 heavy (non-hydrogen) atoms. The maximum Gasteiger partial charge on any atom is 0.251 e. The lowest BCUT2D eigenvalue weighted by Crippen LogP contribution is -2.48. The zero-order valence-corrected chi connectivity index (χ0v) is 16.1. The first-order valence-corrected chi connectivity index (χ1v) is 9.21. The summed E-state index contributed by atoms with van der Waals surface area (Å²) in [6.07, 6.45) is 2.58. The number of carbonyl (C=O) groups is 2. The fraction of sp³-hybridized carbons (Fsp3) is 0.529. The summed E-state index contributed by atoms with van der Waals surface area (Å²) in [6.45, 7) is 4.95. The zero-order chi connectivity index (χ0) is 17.2. The third-order valence-corrected chi connectivity index (χ3v) is 4.18. The molecule has 2 atom stereocenters. The largest absolute Gasteiger partial charge is 0.354 e. The minimum atomic E-state index is -0.527. The molecule has 2 amide bonds. The van der Waals surface area contributed by atoms with Crippen LogP contribution in [-0.2, 0) is 4.79 Å². The number of aryl methyl sites for hydroxylation is 1. The molecule has 1 rings (SSSR count). The number of amides is 2. The first-order chi connectivity index (χ1) is 11.0. The van der Waals surface area contributed by atoms with Crippen LogP contribution in [0.1, 0.15) is 29.3 Å². The van der Waals surface area contributed by atoms with Gasteiger partial charge in [-0.3, -0.25) is 9.59 Å². The second kappa shape index (κ2) is 12.2. The van der Waals surface area contributed by atoms with Crippen LogP contribution in [0.2, 0.25) is 0 Å². The van der Waals surface area contributed by atoms with Crippen LogP contribution in [0.3, 0.4) is 0 Å². The molecule has 2 unspecified atom stereocenters. The molecule has 0 radical (unpaired) electrons. The number of nitrogens with two attached hydrogens (primary N) is 1. The van der Waals surface area contributed by atoms with Crippen LogP contribution in [-0.4, -0.2) is 43.0 Å². The van der Waals surface area contributed by atoms with Gasteiger partial charge in [-0.2, -0.15) is 11.8 Å². The van der Waals surface area contributed by atoms with Crippen LogP contribution in [0.4, 0.5) is 0 Å². The number of carbonyl (C=O) groups excluding carboxylic acids is 2. The zero-order valence-electron chi connectivity index (χ0n) is 14.5. The summed E-state index contributed by atoms with van der Waals surface area (Å²) in [5, 5.41) is 5.71.